The molecule has 1 aliphatic heterocycles. The number of halogens is 1. The highest BCUT2D eigenvalue weighted by Gasteiger charge is 2.13. The van der Waals surface area contributed by atoms with Crippen LogP contribution in [0, 0.1) is 6.92 Å². The van der Waals surface area contributed by atoms with Crippen molar-refractivity contribution in [3.05, 3.63) is 70.3 Å². The van der Waals surface area contributed by atoms with E-state index in [9.17, 15) is 4.79 Å². The number of allylic oxidation sites excluding steroid dienone is 4. The van der Waals surface area contributed by atoms with Crippen molar-refractivity contribution < 1.29 is 14.6 Å². The quantitative estimate of drug-likeness (QED) is 0.670. The summed E-state index contributed by atoms with van der Waals surface area (Å²) in [4.78, 5) is 10.3. The summed E-state index contributed by atoms with van der Waals surface area (Å²) in [5.41, 5.74) is 3.08. The zero-order valence-electron chi connectivity index (χ0n) is 11.5. The summed E-state index contributed by atoms with van der Waals surface area (Å²) in [7, 11) is 0. The van der Waals surface area contributed by atoms with Crippen molar-refractivity contribution in [2.45, 2.75) is 6.92 Å². The number of benzene rings is 1. The van der Waals surface area contributed by atoms with Crippen LogP contribution in [-0.4, -0.2) is 17.7 Å². The van der Waals surface area contributed by atoms with E-state index in [0.29, 0.717) is 11.6 Å². The summed E-state index contributed by atoms with van der Waals surface area (Å²) in [6.07, 6.45) is 11.8. The van der Waals surface area contributed by atoms with Crippen molar-refractivity contribution in [3.63, 3.8) is 0 Å². The van der Waals surface area contributed by atoms with Gasteiger partial charge in [0.25, 0.3) is 0 Å². The Morgan fingerprint density at radius 1 is 1.29 bits per heavy atom. The van der Waals surface area contributed by atoms with Gasteiger partial charge in [0.05, 0.1) is 5.02 Å². The lowest BCUT2D eigenvalue weighted by Gasteiger charge is -2.18. The number of rotatable bonds is 4. The number of carboxylic acid groups (broad SMARTS) is 1. The van der Waals surface area contributed by atoms with Crippen molar-refractivity contribution >= 4 is 23.6 Å². The molecule has 2 rings (SSSR count). The van der Waals surface area contributed by atoms with Gasteiger partial charge in [-0.2, -0.15) is 0 Å². The van der Waals surface area contributed by atoms with Gasteiger partial charge in [0.15, 0.2) is 0 Å². The van der Waals surface area contributed by atoms with E-state index < -0.39 is 5.97 Å². The summed E-state index contributed by atoms with van der Waals surface area (Å²) in [6, 6.07) is 3.91. The first kappa shape index (κ1) is 15.1. The Morgan fingerprint density at radius 3 is 2.81 bits per heavy atom. The van der Waals surface area contributed by atoms with E-state index in [0.717, 1.165) is 28.5 Å². The maximum absolute atomic E-state index is 10.3. The number of aliphatic carboxylic acids is 1. The Hall–Kier alpha value is -2.26. The Labute approximate surface area is 128 Å². The van der Waals surface area contributed by atoms with Crippen molar-refractivity contribution in [2.75, 3.05) is 6.61 Å². The molecule has 0 atom stereocenters. The molecule has 1 N–H and O–H groups in total. The Balaban J connectivity index is 2.09. The van der Waals surface area contributed by atoms with Gasteiger partial charge >= 0.3 is 5.97 Å². The van der Waals surface area contributed by atoms with Crippen LogP contribution in [-0.2, 0) is 4.79 Å². The Kier molecular flexibility index (Phi) is 5.01. The number of carbonyl (C=O) groups is 1. The summed E-state index contributed by atoms with van der Waals surface area (Å²) in [5, 5.41) is 9.06. The van der Waals surface area contributed by atoms with Gasteiger partial charge in [0.1, 0.15) is 12.4 Å². The maximum Gasteiger partial charge on any atom is 0.328 e. The largest absolute Gasteiger partial charge is 0.487 e. The molecule has 1 heterocycles. The molecule has 1 aliphatic rings. The van der Waals surface area contributed by atoms with Gasteiger partial charge < -0.3 is 9.84 Å². The predicted octanol–water partition coefficient (Wildman–Crippen LogP) is 4.18. The third-order valence-electron chi connectivity index (χ3n) is 2.82. The summed E-state index contributed by atoms with van der Waals surface area (Å²) in [5.74, 6) is -0.241. The minimum atomic E-state index is -0.962. The fraction of sp³-hybridized carbons (Fsp3) is 0.118. The molecule has 0 bridgehead atoms. The monoisotopic (exact) mass is 302 g/mol. The minimum Gasteiger partial charge on any atom is -0.487 e. The van der Waals surface area contributed by atoms with E-state index in [-0.39, 0.29) is 0 Å². The van der Waals surface area contributed by atoms with E-state index in [4.69, 9.17) is 21.4 Å². The number of hydrogen-bond acceptors (Lipinski definition) is 2. The number of hydrogen-bond donors (Lipinski definition) is 1. The van der Waals surface area contributed by atoms with Crippen LogP contribution in [0.3, 0.4) is 0 Å². The van der Waals surface area contributed by atoms with Gasteiger partial charge in [-0.15, -0.1) is 0 Å². The molecular formula is C17H15ClO3. The lowest BCUT2D eigenvalue weighted by molar-refractivity contribution is -0.131. The molecule has 0 aliphatic carbocycles. The zero-order valence-corrected chi connectivity index (χ0v) is 12.3. The highest BCUT2D eigenvalue weighted by molar-refractivity contribution is 6.32. The SMILES string of the molecule is Cc1cc(Cl)c2c(c1)C=C(/C=C/C=C/C=C/C(=O)O)CO2. The molecule has 3 nitrogen and oxygen atoms in total. The maximum atomic E-state index is 10.3. The van der Waals surface area contributed by atoms with Crippen LogP contribution < -0.4 is 4.74 Å². The molecule has 1 aromatic rings. The number of fused-ring (bicyclic) bond motifs is 1. The first-order chi connectivity index (χ1) is 10.1. The van der Waals surface area contributed by atoms with Gasteiger partial charge in [-0.05, 0) is 36.3 Å². The van der Waals surface area contributed by atoms with Crippen LogP contribution in [0.25, 0.3) is 6.08 Å². The molecule has 0 unspecified atom stereocenters. The normalized spacial score (nSPS) is 14.5. The van der Waals surface area contributed by atoms with E-state index in [1.807, 2.05) is 37.3 Å². The smallest absolute Gasteiger partial charge is 0.328 e. The number of carboxylic acids is 1. The summed E-state index contributed by atoms with van der Waals surface area (Å²) < 4.78 is 5.66. The predicted molar refractivity (Wildman–Crippen MR) is 84.7 cm³/mol. The van der Waals surface area contributed by atoms with Crippen LogP contribution in [0.2, 0.25) is 5.02 Å². The molecule has 0 saturated carbocycles. The van der Waals surface area contributed by atoms with E-state index >= 15 is 0 Å². The molecule has 0 aromatic heterocycles. The zero-order chi connectivity index (χ0) is 15.2. The summed E-state index contributed by atoms with van der Waals surface area (Å²) in [6.45, 7) is 2.45. The second-order valence-corrected chi connectivity index (χ2v) is 5.02. The molecule has 4 heteroatoms. The summed E-state index contributed by atoms with van der Waals surface area (Å²) >= 11 is 6.14. The molecule has 0 radical (unpaired) electrons. The lowest BCUT2D eigenvalue weighted by Crippen LogP contribution is -2.06. The van der Waals surface area contributed by atoms with Crippen molar-refractivity contribution in [2.24, 2.45) is 0 Å². The van der Waals surface area contributed by atoms with Crippen LogP contribution in [0.1, 0.15) is 11.1 Å². The standard InChI is InChI=1S/C17H15ClO3/c1-12-8-14-10-13(11-21-17(14)15(18)9-12)6-4-2-3-5-7-16(19)20/h2-10H,11H2,1H3,(H,19,20)/b3-2+,6-4+,7-5+. The molecule has 21 heavy (non-hydrogen) atoms. The molecule has 0 spiro atoms. The van der Waals surface area contributed by atoms with Crippen molar-refractivity contribution in [1.29, 1.82) is 0 Å². The average Bonchev–Trinajstić information content (AvgIpc) is 2.41. The van der Waals surface area contributed by atoms with Gasteiger partial charge in [0.2, 0.25) is 0 Å². The Morgan fingerprint density at radius 2 is 2.05 bits per heavy atom. The topological polar surface area (TPSA) is 46.5 Å². The number of aryl methyl sites for hydroxylation is 1. The molecule has 1 aromatic carbocycles. The first-order valence-electron chi connectivity index (χ1n) is 6.44. The van der Waals surface area contributed by atoms with Crippen LogP contribution in [0.4, 0.5) is 0 Å². The Bertz CT molecular complexity index is 667. The minimum absolute atomic E-state index is 0.463. The van der Waals surface area contributed by atoms with E-state index in [2.05, 4.69) is 0 Å². The molecule has 0 amide bonds. The second-order valence-electron chi connectivity index (χ2n) is 4.61. The third-order valence-corrected chi connectivity index (χ3v) is 3.10. The lowest BCUT2D eigenvalue weighted by atomic mass is 10.0. The van der Waals surface area contributed by atoms with Gasteiger partial charge in [-0.25, -0.2) is 4.79 Å². The number of ether oxygens (including phenoxy) is 1. The third kappa shape index (κ3) is 4.36. The van der Waals surface area contributed by atoms with Crippen molar-refractivity contribution in [1.82, 2.24) is 0 Å². The molecule has 0 saturated heterocycles. The van der Waals surface area contributed by atoms with Crippen LogP contribution in [0.5, 0.6) is 5.75 Å². The highest BCUT2D eigenvalue weighted by Crippen LogP contribution is 2.34. The molecule has 0 fully saturated rings. The highest BCUT2D eigenvalue weighted by atomic mass is 35.5. The molecular weight excluding hydrogens is 288 g/mol. The van der Waals surface area contributed by atoms with E-state index in [1.165, 1.54) is 6.08 Å². The molecule has 108 valence electrons. The van der Waals surface area contributed by atoms with Gasteiger partial charge in [-0.3, -0.25) is 0 Å². The van der Waals surface area contributed by atoms with Gasteiger partial charge in [-0.1, -0.05) is 42.0 Å². The van der Waals surface area contributed by atoms with E-state index in [1.54, 1.807) is 12.2 Å². The van der Waals surface area contributed by atoms with Gasteiger partial charge in [0, 0.05) is 11.6 Å². The van der Waals surface area contributed by atoms with Crippen LogP contribution >= 0.6 is 11.6 Å². The first-order valence-corrected chi connectivity index (χ1v) is 6.82. The fourth-order valence-electron chi connectivity index (χ4n) is 1.95. The van der Waals surface area contributed by atoms with Crippen LogP contribution in [0.15, 0.2) is 54.2 Å². The second kappa shape index (κ2) is 6.95. The fourth-order valence-corrected chi connectivity index (χ4v) is 2.29. The van der Waals surface area contributed by atoms with Crippen molar-refractivity contribution in [3.8, 4) is 5.75 Å². The average molecular weight is 303 g/mol.